The minimum atomic E-state index is 0. The summed E-state index contributed by atoms with van der Waals surface area (Å²) in [6.45, 7) is 17.1. The number of anilines is 2. The number of hydrogen-bond acceptors (Lipinski definition) is 5. The fourth-order valence-corrected chi connectivity index (χ4v) is 4.99. The third-order valence-electron chi connectivity index (χ3n) is 7.15. The van der Waals surface area contributed by atoms with Gasteiger partial charge in [-0.15, -0.1) is 29.4 Å². The van der Waals surface area contributed by atoms with Crippen molar-refractivity contribution in [3.63, 3.8) is 0 Å². The Morgan fingerprint density at radius 2 is 1.31 bits per heavy atom. The van der Waals surface area contributed by atoms with Crippen LogP contribution in [0.2, 0.25) is 0 Å². The molecule has 4 rings (SSSR count). The first kappa shape index (κ1) is 38.2. The smallest absolute Gasteiger partial charge is 0.0692 e. The molecule has 2 aliphatic heterocycles. The van der Waals surface area contributed by atoms with Crippen molar-refractivity contribution < 1.29 is 70.2 Å². The van der Waals surface area contributed by atoms with Crippen molar-refractivity contribution in [1.29, 1.82) is 0 Å². The molecule has 0 atom stereocenters. The first-order valence-electron chi connectivity index (χ1n) is 13.1. The Hall–Kier alpha value is -0.752. The molecule has 0 bridgehead atoms. The van der Waals surface area contributed by atoms with E-state index in [2.05, 4.69) is 78.0 Å². The zero-order valence-corrected chi connectivity index (χ0v) is 29.1. The molecule has 0 saturated carbocycles. The third kappa shape index (κ3) is 11.6. The van der Waals surface area contributed by atoms with Crippen molar-refractivity contribution in [2.24, 2.45) is 0 Å². The molecule has 2 fully saturated rings. The number of rotatable bonds is 8. The van der Waals surface area contributed by atoms with E-state index in [9.17, 15) is 4.79 Å². The van der Waals surface area contributed by atoms with Crippen LogP contribution in [0.5, 0.6) is 0 Å². The molecule has 1 aromatic carbocycles. The van der Waals surface area contributed by atoms with Gasteiger partial charge in [0.1, 0.15) is 0 Å². The van der Waals surface area contributed by atoms with Gasteiger partial charge in [-0.2, -0.15) is 42.3 Å². The number of nitrogens with zero attached hydrogens (tertiary/aromatic N) is 3. The van der Waals surface area contributed by atoms with E-state index in [0.29, 0.717) is 12.1 Å². The van der Waals surface area contributed by atoms with E-state index in [1.807, 2.05) is 24.3 Å². The van der Waals surface area contributed by atoms with Crippen molar-refractivity contribution in [1.82, 2.24) is 14.8 Å². The number of amides is 1. The van der Waals surface area contributed by atoms with Gasteiger partial charge in [-0.1, -0.05) is 39.2 Å². The second-order valence-corrected chi connectivity index (χ2v) is 9.94. The number of nitrogens with one attached hydrogen (secondary N) is 2. The molecule has 0 spiro atoms. The quantitative estimate of drug-likeness (QED) is 0.261. The molecule has 2 aliphatic rings. The van der Waals surface area contributed by atoms with Crippen LogP contribution in [0.15, 0.2) is 49.2 Å². The van der Waals surface area contributed by atoms with E-state index < -0.39 is 0 Å². The minimum Gasteiger partial charge on any atom is -0.491 e. The number of benzene rings is 1. The van der Waals surface area contributed by atoms with Crippen molar-refractivity contribution >= 4 is 17.9 Å². The van der Waals surface area contributed by atoms with Gasteiger partial charge in [-0.3, -0.25) is 0 Å². The maximum Gasteiger partial charge on any atom is 0.0692 e. The maximum absolute atomic E-state index is 10.5. The molecule has 210 valence electrons. The molecule has 0 unspecified atom stereocenters. The average molecular weight is 682 g/mol. The Balaban J connectivity index is 0.000000688. The predicted molar refractivity (Wildman–Crippen MR) is 156 cm³/mol. The van der Waals surface area contributed by atoms with Crippen LogP contribution in [-0.4, -0.2) is 59.5 Å². The van der Waals surface area contributed by atoms with Gasteiger partial charge < -0.3 is 30.2 Å². The fourth-order valence-electron chi connectivity index (χ4n) is 4.99. The molecule has 0 aliphatic carbocycles. The van der Waals surface area contributed by atoms with Crippen LogP contribution < -0.4 is 10.6 Å². The zero-order chi connectivity index (χ0) is 25.9. The Bertz CT molecular complexity index is 878. The molecule has 1 aromatic heterocycles. The van der Waals surface area contributed by atoms with Gasteiger partial charge in [0.25, 0.3) is 0 Å². The van der Waals surface area contributed by atoms with Crippen LogP contribution in [0.3, 0.4) is 0 Å². The summed E-state index contributed by atoms with van der Waals surface area (Å²) in [5, 5.41) is 5.67. The van der Waals surface area contributed by atoms with Crippen LogP contribution in [0, 0.1) is 18.0 Å². The van der Waals surface area contributed by atoms with Crippen LogP contribution in [0.25, 0.3) is 0 Å². The summed E-state index contributed by atoms with van der Waals surface area (Å²) in [6.07, 6.45) is 10.7. The number of pyridine rings is 1. The van der Waals surface area contributed by atoms with Crippen LogP contribution in [0.1, 0.15) is 71.9 Å². The second-order valence-electron chi connectivity index (χ2n) is 9.94. The molecule has 6 nitrogen and oxygen atoms in total. The average Bonchev–Trinajstić information content (AvgIpc) is 2.90. The number of aromatic nitrogens is 1. The summed E-state index contributed by atoms with van der Waals surface area (Å²) in [5.74, 6) is 3.79. The molecule has 2 aromatic rings. The van der Waals surface area contributed by atoms with Gasteiger partial charge >= 0.3 is 0 Å². The van der Waals surface area contributed by atoms with Crippen LogP contribution in [0.4, 0.5) is 11.5 Å². The van der Waals surface area contributed by atoms with Gasteiger partial charge in [-0.25, -0.2) is 0 Å². The molecule has 2 N–H and O–H groups in total. The van der Waals surface area contributed by atoms with Gasteiger partial charge in [0.2, 0.25) is 0 Å². The summed E-state index contributed by atoms with van der Waals surface area (Å²) in [4.78, 5) is 19.9. The van der Waals surface area contributed by atoms with E-state index >= 15 is 0 Å². The summed E-state index contributed by atoms with van der Waals surface area (Å²) in [5.41, 5.74) is 3.27. The number of para-hydroxylation sites is 1. The summed E-state index contributed by atoms with van der Waals surface area (Å²) in [6, 6.07) is 13.4. The Morgan fingerprint density at radius 1 is 0.821 bits per heavy atom. The summed E-state index contributed by atoms with van der Waals surface area (Å²) >= 11 is 0. The molecular weight excluding hydrogens is 636 g/mol. The second kappa shape index (κ2) is 20.2. The molecule has 8 heteroatoms. The molecule has 39 heavy (non-hydrogen) atoms. The number of carbonyl (C=O) groups excluding carboxylic acids is 1. The van der Waals surface area contributed by atoms with Crippen molar-refractivity contribution in [2.45, 2.75) is 72.9 Å². The van der Waals surface area contributed by atoms with E-state index in [-0.39, 0.29) is 72.8 Å². The van der Waals surface area contributed by atoms with Gasteiger partial charge in [0.05, 0.1) is 6.41 Å². The predicted octanol–water partition coefficient (Wildman–Crippen LogP) is 6.09. The van der Waals surface area contributed by atoms with E-state index in [1.54, 1.807) is 12.6 Å². The van der Waals surface area contributed by atoms with Crippen LogP contribution in [-0.2, 0) is 70.2 Å². The Labute approximate surface area is 288 Å². The number of likely N-dealkylation sites (tertiary alicyclic amines) is 2. The molecule has 2 saturated heterocycles. The maximum atomic E-state index is 10.5. The minimum absolute atomic E-state index is 0. The van der Waals surface area contributed by atoms with Gasteiger partial charge in [0.15, 0.2) is 0 Å². The SMILES string of the molecule is C.C=[C-]Nc1ncccc1[C-]1CCN(C(C)C)CC1.CC(C)N1CC[C-](c2ccccc2N[C-]=O)CC1.[Y].[Y]. The zero-order valence-electron chi connectivity index (χ0n) is 23.5. The first-order valence-corrected chi connectivity index (χ1v) is 13.1. The topological polar surface area (TPSA) is 60.5 Å². The van der Waals surface area contributed by atoms with Crippen molar-refractivity contribution in [3.8, 4) is 0 Å². The van der Waals surface area contributed by atoms with E-state index in [0.717, 1.165) is 63.4 Å². The molecular formula is C31H45N5OY2-4. The summed E-state index contributed by atoms with van der Waals surface area (Å²) < 4.78 is 0. The Morgan fingerprint density at radius 3 is 1.79 bits per heavy atom. The van der Waals surface area contributed by atoms with Gasteiger partial charge in [0, 0.05) is 89.5 Å². The molecule has 3 heterocycles. The number of hydrogen-bond donors (Lipinski definition) is 2. The van der Waals surface area contributed by atoms with Crippen molar-refractivity contribution in [2.75, 3.05) is 36.8 Å². The molecule has 2 radical (unpaired) electrons. The number of piperidine rings is 2. The third-order valence-corrected chi connectivity index (χ3v) is 7.15. The molecule has 1 amide bonds. The normalized spacial score (nSPS) is 15.6. The summed E-state index contributed by atoms with van der Waals surface area (Å²) in [7, 11) is 0. The monoisotopic (exact) mass is 681 g/mol. The largest absolute Gasteiger partial charge is 0.491 e. The fraction of sp³-hybridized carbons (Fsp3) is 0.484. The van der Waals surface area contributed by atoms with Gasteiger partial charge in [-0.05, 0) is 53.9 Å². The van der Waals surface area contributed by atoms with E-state index in [1.165, 1.54) is 23.0 Å². The van der Waals surface area contributed by atoms with Crippen molar-refractivity contribution in [3.05, 3.63) is 78.3 Å². The Kier molecular flexibility index (Phi) is 19.8. The van der Waals surface area contributed by atoms with Crippen LogP contribution >= 0.6 is 0 Å². The standard InChI is InChI=1S/C15H21N3.C15H20N2O.CH4.2Y/c1-4-16-15-14(6-5-9-17-15)13-7-10-18(11-8-13)12(2)3;1-12(2)17-9-7-13(8-10-17)14-5-3-4-6-15(14)16-11-18;;;/h5-6,9,12H,1,7-8,10-11H2,2-3H3,(H,16,17);3-6,12H,7-10H2,1-2H3,(H,16,18);1H4;;/q2*-2;;;. The van der Waals surface area contributed by atoms with E-state index in [4.69, 9.17) is 0 Å². The first-order chi connectivity index (χ1) is 17.4.